The van der Waals surface area contributed by atoms with Gasteiger partial charge < -0.3 is 20.0 Å². The van der Waals surface area contributed by atoms with Gasteiger partial charge in [0.2, 0.25) is 5.91 Å². The van der Waals surface area contributed by atoms with Crippen molar-refractivity contribution in [1.29, 1.82) is 0 Å². The molecule has 106 valence electrons. The molecule has 0 aromatic carbocycles. The number of furan rings is 1. The molecule has 1 aliphatic rings. The molecule has 20 heavy (non-hydrogen) atoms. The van der Waals surface area contributed by atoms with Gasteiger partial charge >= 0.3 is 0 Å². The Hall–Kier alpha value is -1.86. The fourth-order valence-corrected chi connectivity index (χ4v) is 3.24. The number of hydrogen-bond acceptors (Lipinski definition) is 6. The maximum atomic E-state index is 11.2. The number of amides is 1. The summed E-state index contributed by atoms with van der Waals surface area (Å²) in [6, 6.07) is 3.73. The lowest BCUT2D eigenvalue weighted by molar-refractivity contribution is -0.114. The predicted molar refractivity (Wildman–Crippen MR) is 79.2 cm³/mol. The molecule has 2 N–H and O–H groups in total. The van der Waals surface area contributed by atoms with Gasteiger partial charge in [-0.25, -0.2) is 4.98 Å². The quantitative estimate of drug-likeness (QED) is 0.902. The van der Waals surface area contributed by atoms with Crippen LogP contribution in [0.15, 0.2) is 22.8 Å². The molecule has 3 heterocycles. The average molecular weight is 292 g/mol. The molecule has 0 spiro atoms. The number of thiazole rings is 1. The van der Waals surface area contributed by atoms with Crippen LogP contribution >= 0.6 is 11.3 Å². The van der Waals surface area contributed by atoms with Crippen molar-refractivity contribution in [2.75, 3.05) is 36.4 Å². The third-order valence-electron chi connectivity index (χ3n) is 3.05. The Morgan fingerprint density at radius 1 is 1.50 bits per heavy atom. The Balaban J connectivity index is 1.96. The topological polar surface area (TPSA) is 70.4 Å². The summed E-state index contributed by atoms with van der Waals surface area (Å²) < 4.78 is 5.46. The molecule has 0 saturated carbocycles. The van der Waals surface area contributed by atoms with Gasteiger partial charge in [0.05, 0.1) is 6.26 Å². The lowest BCUT2D eigenvalue weighted by atomic mass is 10.3. The van der Waals surface area contributed by atoms with Crippen molar-refractivity contribution >= 4 is 27.4 Å². The van der Waals surface area contributed by atoms with Gasteiger partial charge in [-0.3, -0.25) is 4.79 Å². The molecule has 1 saturated heterocycles. The Bertz CT molecular complexity index is 588. The summed E-state index contributed by atoms with van der Waals surface area (Å²) in [7, 11) is 0. The van der Waals surface area contributed by atoms with Crippen LogP contribution in [0, 0.1) is 0 Å². The van der Waals surface area contributed by atoms with E-state index in [0.717, 1.165) is 42.6 Å². The second-order valence-corrected chi connectivity index (χ2v) is 5.55. The maximum absolute atomic E-state index is 11.2. The summed E-state index contributed by atoms with van der Waals surface area (Å²) in [6.45, 7) is 5.24. The van der Waals surface area contributed by atoms with E-state index in [2.05, 4.69) is 20.5 Å². The number of carbonyl (C=O) groups is 1. The van der Waals surface area contributed by atoms with Crippen molar-refractivity contribution in [3.05, 3.63) is 18.4 Å². The van der Waals surface area contributed by atoms with E-state index in [1.54, 1.807) is 6.26 Å². The maximum Gasteiger partial charge on any atom is 0.223 e. The van der Waals surface area contributed by atoms with E-state index < -0.39 is 0 Å². The van der Waals surface area contributed by atoms with Gasteiger partial charge in [0.15, 0.2) is 10.9 Å². The SMILES string of the molecule is CC(=O)Nc1nc(-c2ccco2)c(N2CCNCC2)s1. The van der Waals surface area contributed by atoms with Crippen molar-refractivity contribution in [1.82, 2.24) is 10.3 Å². The summed E-state index contributed by atoms with van der Waals surface area (Å²) in [5.41, 5.74) is 0.797. The van der Waals surface area contributed by atoms with Crippen LogP contribution in [0.1, 0.15) is 6.92 Å². The molecule has 1 aliphatic heterocycles. The highest BCUT2D eigenvalue weighted by atomic mass is 32.1. The minimum absolute atomic E-state index is 0.114. The van der Waals surface area contributed by atoms with Crippen LogP contribution in [0.25, 0.3) is 11.5 Å². The predicted octanol–water partition coefficient (Wildman–Crippen LogP) is 1.77. The number of carbonyl (C=O) groups excluding carboxylic acids is 1. The van der Waals surface area contributed by atoms with Crippen molar-refractivity contribution in [2.24, 2.45) is 0 Å². The standard InChI is InChI=1S/C13H16N4O2S/c1-9(18)15-13-16-11(10-3-2-8-19-10)12(20-13)17-6-4-14-5-7-17/h2-3,8,14H,4-7H2,1H3,(H,15,16,18). The van der Waals surface area contributed by atoms with Crippen molar-refractivity contribution in [3.63, 3.8) is 0 Å². The molecule has 6 nitrogen and oxygen atoms in total. The Morgan fingerprint density at radius 2 is 2.30 bits per heavy atom. The molecule has 0 bridgehead atoms. The molecule has 0 aliphatic carbocycles. The van der Waals surface area contributed by atoms with Gasteiger partial charge in [0, 0.05) is 33.1 Å². The number of anilines is 2. The molecule has 0 unspecified atom stereocenters. The summed E-state index contributed by atoms with van der Waals surface area (Å²) in [6.07, 6.45) is 1.63. The fourth-order valence-electron chi connectivity index (χ4n) is 2.17. The second kappa shape index (κ2) is 5.64. The van der Waals surface area contributed by atoms with E-state index in [-0.39, 0.29) is 5.91 Å². The first kappa shape index (κ1) is 13.1. The highest BCUT2D eigenvalue weighted by molar-refractivity contribution is 7.20. The molecule has 1 fully saturated rings. The van der Waals surface area contributed by atoms with Gasteiger partial charge in [-0.2, -0.15) is 0 Å². The molecular weight excluding hydrogens is 276 g/mol. The zero-order chi connectivity index (χ0) is 13.9. The first-order valence-corrected chi connectivity index (χ1v) is 7.33. The molecule has 0 radical (unpaired) electrons. The zero-order valence-corrected chi connectivity index (χ0v) is 12.0. The van der Waals surface area contributed by atoms with E-state index in [0.29, 0.717) is 5.13 Å². The number of nitrogens with zero attached hydrogens (tertiary/aromatic N) is 2. The number of aromatic nitrogens is 1. The lowest BCUT2D eigenvalue weighted by Gasteiger charge is -2.28. The van der Waals surface area contributed by atoms with Gasteiger partial charge in [-0.05, 0) is 12.1 Å². The lowest BCUT2D eigenvalue weighted by Crippen LogP contribution is -2.43. The van der Waals surface area contributed by atoms with Crippen molar-refractivity contribution in [2.45, 2.75) is 6.92 Å². The first-order chi connectivity index (χ1) is 9.74. The molecule has 3 rings (SSSR count). The molecular formula is C13H16N4O2S. The highest BCUT2D eigenvalue weighted by Gasteiger charge is 2.22. The van der Waals surface area contributed by atoms with Crippen molar-refractivity contribution < 1.29 is 9.21 Å². The van der Waals surface area contributed by atoms with E-state index in [9.17, 15) is 4.79 Å². The smallest absolute Gasteiger partial charge is 0.223 e. The van der Waals surface area contributed by atoms with Gasteiger partial charge in [-0.15, -0.1) is 0 Å². The third kappa shape index (κ3) is 2.68. The first-order valence-electron chi connectivity index (χ1n) is 6.52. The van der Waals surface area contributed by atoms with Gasteiger partial charge in [0.25, 0.3) is 0 Å². The number of nitrogens with one attached hydrogen (secondary N) is 2. The highest BCUT2D eigenvalue weighted by Crippen LogP contribution is 2.38. The van der Waals surface area contributed by atoms with E-state index in [1.165, 1.54) is 18.3 Å². The fraction of sp³-hybridized carbons (Fsp3) is 0.385. The summed E-state index contributed by atoms with van der Waals surface area (Å²) >= 11 is 1.49. The average Bonchev–Trinajstić information content (AvgIpc) is 3.07. The molecule has 7 heteroatoms. The minimum atomic E-state index is -0.114. The van der Waals surface area contributed by atoms with Gasteiger partial charge in [0.1, 0.15) is 10.7 Å². The number of piperazine rings is 1. The third-order valence-corrected chi connectivity index (χ3v) is 4.08. The molecule has 0 atom stereocenters. The van der Waals surface area contributed by atoms with Crippen LogP contribution in [-0.4, -0.2) is 37.1 Å². The van der Waals surface area contributed by atoms with Crippen LogP contribution in [0.2, 0.25) is 0 Å². The number of rotatable bonds is 3. The monoisotopic (exact) mass is 292 g/mol. The van der Waals surface area contributed by atoms with Crippen LogP contribution in [0.4, 0.5) is 10.1 Å². The van der Waals surface area contributed by atoms with Crippen LogP contribution < -0.4 is 15.5 Å². The largest absolute Gasteiger partial charge is 0.463 e. The normalized spacial score (nSPS) is 15.3. The Kier molecular flexibility index (Phi) is 3.70. The minimum Gasteiger partial charge on any atom is -0.463 e. The Labute approximate surface area is 120 Å². The van der Waals surface area contributed by atoms with Crippen LogP contribution in [0.5, 0.6) is 0 Å². The molecule has 2 aromatic heterocycles. The number of hydrogen-bond donors (Lipinski definition) is 2. The van der Waals surface area contributed by atoms with E-state index in [4.69, 9.17) is 4.42 Å². The van der Waals surface area contributed by atoms with Crippen LogP contribution in [0.3, 0.4) is 0 Å². The van der Waals surface area contributed by atoms with Crippen molar-refractivity contribution in [3.8, 4) is 11.5 Å². The molecule has 2 aromatic rings. The van der Waals surface area contributed by atoms with E-state index in [1.807, 2.05) is 12.1 Å². The van der Waals surface area contributed by atoms with Crippen LogP contribution in [-0.2, 0) is 4.79 Å². The Morgan fingerprint density at radius 3 is 2.95 bits per heavy atom. The second-order valence-electron chi connectivity index (χ2n) is 4.57. The molecule has 1 amide bonds. The van der Waals surface area contributed by atoms with E-state index >= 15 is 0 Å². The van der Waals surface area contributed by atoms with Gasteiger partial charge in [-0.1, -0.05) is 11.3 Å². The summed E-state index contributed by atoms with van der Waals surface area (Å²) in [4.78, 5) is 18.0. The summed E-state index contributed by atoms with van der Waals surface area (Å²) in [5.74, 6) is 0.614. The summed E-state index contributed by atoms with van der Waals surface area (Å²) in [5, 5.41) is 7.73. The zero-order valence-electron chi connectivity index (χ0n) is 11.2.